The maximum absolute atomic E-state index is 12.5. The summed E-state index contributed by atoms with van der Waals surface area (Å²) in [4.78, 5) is 23.8. The van der Waals surface area contributed by atoms with Crippen LogP contribution < -0.4 is 5.32 Å². The molecule has 0 fully saturated rings. The smallest absolute Gasteiger partial charge is 0.338 e. The van der Waals surface area contributed by atoms with Gasteiger partial charge in [0.05, 0.1) is 17.1 Å². The SMILES string of the molecule is COCC(C)NC(=O)COC(=O)c1cccc(S(=O)(=O)N(C)C(C)C)c1. The number of esters is 1. The highest BCUT2D eigenvalue weighted by Crippen LogP contribution is 2.18. The highest BCUT2D eigenvalue weighted by Gasteiger charge is 2.24. The number of benzene rings is 1. The number of nitrogens with one attached hydrogen (secondary N) is 1. The van der Waals surface area contributed by atoms with E-state index < -0.39 is 28.5 Å². The van der Waals surface area contributed by atoms with Crippen LogP contribution in [0.5, 0.6) is 0 Å². The van der Waals surface area contributed by atoms with E-state index in [2.05, 4.69) is 5.32 Å². The number of amides is 1. The zero-order valence-corrected chi connectivity index (χ0v) is 16.5. The minimum Gasteiger partial charge on any atom is -0.452 e. The standard InChI is InChI=1S/C17H26N2O6S/c1-12(2)19(4)26(22,23)15-8-6-7-14(9-15)17(21)25-11-16(20)18-13(3)10-24-5/h6-9,12-13H,10-11H2,1-5H3,(H,18,20). The highest BCUT2D eigenvalue weighted by molar-refractivity contribution is 7.89. The quantitative estimate of drug-likeness (QED) is 0.636. The van der Waals surface area contributed by atoms with E-state index in [1.165, 1.54) is 42.7 Å². The summed E-state index contributed by atoms with van der Waals surface area (Å²) < 4.78 is 36.0. The molecule has 0 heterocycles. The predicted molar refractivity (Wildman–Crippen MR) is 96.3 cm³/mol. The van der Waals surface area contributed by atoms with Crippen molar-refractivity contribution in [2.24, 2.45) is 0 Å². The Balaban J connectivity index is 2.79. The molecule has 0 aromatic heterocycles. The molecule has 1 unspecified atom stereocenters. The number of carbonyl (C=O) groups excluding carboxylic acids is 2. The van der Waals surface area contributed by atoms with Gasteiger partial charge in [-0.2, -0.15) is 4.31 Å². The molecule has 1 N–H and O–H groups in total. The van der Waals surface area contributed by atoms with E-state index >= 15 is 0 Å². The molecule has 146 valence electrons. The van der Waals surface area contributed by atoms with Gasteiger partial charge >= 0.3 is 5.97 Å². The van der Waals surface area contributed by atoms with Gasteiger partial charge in [-0.15, -0.1) is 0 Å². The first-order valence-corrected chi connectivity index (χ1v) is 9.57. The number of hydrogen-bond donors (Lipinski definition) is 1. The van der Waals surface area contributed by atoms with Crippen LogP contribution in [0.1, 0.15) is 31.1 Å². The minimum atomic E-state index is -3.72. The van der Waals surface area contributed by atoms with E-state index in [-0.39, 0.29) is 22.5 Å². The zero-order valence-electron chi connectivity index (χ0n) is 15.7. The van der Waals surface area contributed by atoms with Gasteiger partial charge in [-0.25, -0.2) is 13.2 Å². The third-order valence-corrected chi connectivity index (χ3v) is 5.66. The molecular formula is C17H26N2O6S. The van der Waals surface area contributed by atoms with E-state index in [9.17, 15) is 18.0 Å². The highest BCUT2D eigenvalue weighted by atomic mass is 32.2. The first-order valence-electron chi connectivity index (χ1n) is 8.13. The van der Waals surface area contributed by atoms with E-state index in [0.29, 0.717) is 6.61 Å². The number of rotatable bonds is 9. The molecule has 0 aliphatic rings. The van der Waals surface area contributed by atoms with Crippen molar-refractivity contribution in [3.8, 4) is 0 Å². The van der Waals surface area contributed by atoms with Crippen molar-refractivity contribution < 1.29 is 27.5 Å². The molecule has 0 aliphatic heterocycles. The van der Waals surface area contributed by atoms with Crippen LogP contribution in [0.15, 0.2) is 29.2 Å². The van der Waals surface area contributed by atoms with Crippen molar-refractivity contribution in [2.75, 3.05) is 27.4 Å². The fourth-order valence-electron chi connectivity index (χ4n) is 2.05. The molecule has 0 bridgehead atoms. The second kappa shape index (κ2) is 9.65. The van der Waals surface area contributed by atoms with Crippen molar-refractivity contribution in [3.05, 3.63) is 29.8 Å². The zero-order chi connectivity index (χ0) is 19.9. The first-order chi connectivity index (χ1) is 12.1. The number of nitrogens with zero attached hydrogens (tertiary/aromatic N) is 1. The molecule has 0 aliphatic carbocycles. The van der Waals surface area contributed by atoms with Gasteiger partial charge in [-0.05, 0) is 39.0 Å². The normalized spacial score (nSPS) is 12.9. The summed E-state index contributed by atoms with van der Waals surface area (Å²) in [5.41, 5.74) is 0.0565. The fraction of sp³-hybridized carbons (Fsp3) is 0.529. The molecule has 0 radical (unpaired) electrons. The Labute approximate surface area is 154 Å². The van der Waals surface area contributed by atoms with Crippen LogP contribution in [0.4, 0.5) is 0 Å². The van der Waals surface area contributed by atoms with Crippen molar-refractivity contribution in [1.82, 2.24) is 9.62 Å². The molecule has 0 saturated heterocycles. The number of methoxy groups -OCH3 is 1. The van der Waals surface area contributed by atoms with E-state index in [1.54, 1.807) is 20.8 Å². The van der Waals surface area contributed by atoms with Gasteiger partial charge in [0.25, 0.3) is 5.91 Å². The second-order valence-electron chi connectivity index (χ2n) is 6.14. The van der Waals surface area contributed by atoms with Crippen LogP contribution in [-0.4, -0.2) is 64.1 Å². The summed E-state index contributed by atoms with van der Waals surface area (Å²) in [7, 11) is -0.732. The van der Waals surface area contributed by atoms with Gasteiger partial charge in [0.15, 0.2) is 6.61 Å². The lowest BCUT2D eigenvalue weighted by molar-refractivity contribution is -0.125. The van der Waals surface area contributed by atoms with Gasteiger partial charge in [-0.3, -0.25) is 4.79 Å². The molecule has 8 nitrogen and oxygen atoms in total. The summed E-state index contributed by atoms with van der Waals surface area (Å²) in [6.45, 7) is 5.12. The molecule has 9 heteroatoms. The van der Waals surface area contributed by atoms with E-state index in [0.717, 1.165) is 0 Å². The summed E-state index contributed by atoms with van der Waals surface area (Å²) in [6, 6.07) is 5.09. The molecular weight excluding hydrogens is 360 g/mol. The molecule has 1 amide bonds. The lowest BCUT2D eigenvalue weighted by Gasteiger charge is -2.21. The second-order valence-corrected chi connectivity index (χ2v) is 8.14. The number of ether oxygens (including phenoxy) is 2. The lowest BCUT2D eigenvalue weighted by Crippen LogP contribution is -2.38. The van der Waals surface area contributed by atoms with Crippen molar-refractivity contribution >= 4 is 21.9 Å². The summed E-state index contributed by atoms with van der Waals surface area (Å²) in [5.74, 6) is -1.24. The molecule has 1 rings (SSSR count). The lowest BCUT2D eigenvalue weighted by atomic mass is 10.2. The largest absolute Gasteiger partial charge is 0.452 e. The Kier molecular flexibility index (Phi) is 8.19. The van der Waals surface area contributed by atoms with Crippen LogP contribution in [-0.2, 0) is 24.3 Å². The van der Waals surface area contributed by atoms with Gasteiger partial charge in [-0.1, -0.05) is 6.07 Å². The monoisotopic (exact) mass is 386 g/mol. The topological polar surface area (TPSA) is 102 Å². The van der Waals surface area contributed by atoms with Gasteiger partial charge in [0.1, 0.15) is 0 Å². The van der Waals surface area contributed by atoms with Crippen LogP contribution >= 0.6 is 0 Å². The molecule has 0 spiro atoms. The molecule has 1 atom stereocenters. The third kappa shape index (κ3) is 6.08. The average Bonchev–Trinajstić information content (AvgIpc) is 2.59. The van der Waals surface area contributed by atoms with Crippen LogP contribution in [0, 0.1) is 0 Å². The van der Waals surface area contributed by atoms with Gasteiger partial charge < -0.3 is 14.8 Å². The fourth-order valence-corrected chi connectivity index (χ4v) is 3.46. The van der Waals surface area contributed by atoms with Crippen LogP contribution in [0.2, 0.25) is 0 Å². The third-order valence-electron chi connectivity index (χ3n) is 3.63. The average molecular weight is 386 g/mol. The molecule has 1 aromatic carbocycles. The van der Waals surface area contributed by atoms with Crippen LogP contribution in [0.3, 0.4) is 0 Å². The molecule has 26 heavy (non-hydrogen) atoms. The van der Waals surface area contributed by atoms with Crippen molar-refractivity contribution in [2.45, 2.75) is 37.8 Å². The Morgan fingerprint density at radius 1 is 1.23 bits per heavy atom. The van der Waals surface area contributed by atoms with Gasteiger partial charge in [0.2, 0.25) is 10.0 Å². The predicted octanol–water partition coefficient (Wildman–Crippen LogP) is 1.02. The molecule has 0 saturated carbocycles. The van der Waals surface area contributed by atoms with E-state index in [4.69, 9.17) is 9.47 Å². The maximum atomic E-state index is 12.5. The maximum Gasteiger partial charge on any atom is 0.338 e. The Hall–Kier alpha value is -1.97. The van der Waals surface area contributed by atoms with Gasteiger partial charge in [0, 0.05) is 26.2 Å². The summed E-state index contributed by atoms with van der Waals surface area (Å²) in [6.07, 6.45) is 0. The van der Waals surface area contributed by atoms with Crippen LogP contribution in [0.25, 0.3) is 0 Å². The Morgan fingerprint density at radius 2 is 1.88 bits per heavy atom. The van der Waals surface area contributed by atoms with Crippen molar-refractivity contribution in [3.63, 3.8) is 0 Å². The summed E-state index contributed by atoms with van der Waals surface area (Å²) in [5, 5.41) is 2.61. The Morgan fingerprint density at radius 3 is 2.46 bits per heavy atom. The van der Waals surface area contributed by atoms with Crippen molar-refractivity contribution in [1.29, 1.82) is 0 Å². The minimum absolute atomic E-state index is 0.0127. The first kappa shape index (κ1) is 22.1. The number of hydrogen-bond acceptors (Lipinski definition) is 6. The van der Waals surface area contributed by atoms with E-state index in [1.807, 2.05) is 0 Å². The number of carbonyl (C=O) groups is 2. The summed E-state index contributed by atoms with van der Waals surface area (Å²) >= 11 is 0. The molecule has 1 aromatic rings. The number of sulfonamides is 1. The Bertz CT molecular complexity index is 733.